The largest absolute Gasteiger partial charge is 0.335 e. The fourth-order valence-electron chi connectivity index (χ4n) is 3.16. The first-order valence-corrected chi connectivity index (χ1v) is 8.45. The molecule has 0 radical (unpaired) electrons. The Morgan fingerprint density at radius 3 is 2.88 bits per heavy atom. The fourth-order valence-corrected chi connectivity index (χ4v) is 3.16. The van der Waals surface area contributed by atoms with E-state index in [-0.39, 0.29) is 30.5 Å². The number of rotatable bonds is 3. The molecule has 2 aromatic heterocycles. The van der Waals surface area contributed by atoms with Crippen LogP contribution in [-0.4, -0.2) is 44.2 Å². The lowest BCUT2D eigenvalue weighted by Gasteiger charge is -2.34. The van der Waals surface area contributed by atoms with Gasteiger partial charge in [0, 0.05) is 17.8 Å². The van der Waals surface area contributed by atoms with Gasteiger partial charge in [-0.05, 0) is 25.8 Å². The van der Waals surface area contributed by atoms with E-state index in [9.17, 15) is 4.79 Å². The molecule has 1 N–H and O–H groups in total. The Kier molecular flexibility index (Phi) is 4.02. The van der Waals surface area contributed by atoms with Gasteiger partial charge in [-0.25, -0.2) is 4.39 Å². The number of benzene rings is 1. The molecule has 3 aromatic rings. The number of H-pyrrole nitrogens is 1. The summed E-state index contributed by atoms with van der Waals surface area (Å²) < 4.78 is 20.8. The molecule has 0 spiro atoms. The molecule has 1 aliphatic heterocycles. The average Bonchev–Trinajstić information content (AvgIpc) is 3.32. The molecule has 1 amide bonds. The number of carbonyl (C=O) groups excluding carboxylic acids is 1. The summed E-state index contributed by atoms with van der Waals surface area (Å²) in [6, 6.07) is 10.9. The monoisotopic (exact) mass is 355 g/mol. The van der Waals surface area contributed by atoms with Gasteiger partial charge in [0.15, 0.2) is 0 Å². The van der Waals surface area contributed by atoms with Crippen LogP contribution in [0.3, 0.4) is 0 Å². The number of hydrogen-bond acceptors (Lipinski definition) is 5. The van der Waals surface area contributed by atoms with Gasteiger partial charge in [-0.2, -0.15) is 10.1 Å². The van der Waals surface area contributed by atoms with Crippen molar-refractivity contribution >= 4 is 5.91 Å². The van der Waals surface area contributed by atoms with Gasteiger partial charge in [0.2, 0.25) is 11.5 Å². The molecule has 1 aliphatic rings. The highest BCUT2D eigenvalue weighted by Gasteiger charge is 2.44. The molecule has 1 aromatic carbocycles. The Morgan fingerprint density at radius 2 is 2.15 bits per heavy atom. The number of carbonyl (C=O) groups is 1. The first-order chi connectivity index (χ1) is 12.5. The van der Waals surface area contributed by atoms with Crippen molar-refractivity contribution in [1.82, 2.24) is 25.2 Å². The first kappa shape index (κ1) is 16.4. The maximum absolute atomic E-state index is 15.5. The molecule has 7 nitrogen and oxygen atoms in total. The van der Waals surface area contributed by atoms with Crippen LogP contribution < -0.4 is 0 Å². The zero-order chi connectivity index (χ0) is 18.1. The molecule has 1 unspecified atom stereocenters. The quantitative estimate of drug-likeness (QED) is 0.780. The summed E-state index contributed by atoms with van der Waals surface area (Å²) in [7, 11) is 0. The maximum atomic E-state index is 15.5. The van der Waals surface area contributed by atoms with Crippen LogP contribution in [-0.2, 0) is 5.67 Å². The molecular weight excluding hydrogens is 337 g/mol. The van der Waals surface area contributed by atoms with Crippen LogP contribution >= 0.6 is 0 Å². The number of amides is 1. The van der Waals surface area contributed by atoms with Crippen molar-refractivity contribution in [2.45, 2.75) is 25.4 Å². The van der Waals surface area contributed by atoms with E-state index in [1.807, 2.05) is 37.3 Å². The van der Waals surface area contributed by atoms with E-state index in [0.717, 1.165) is 11.3 Å². The molecule has 8 heteroatoms. The second kappa shape index (κ2) is 6.36. The SMILES string of the molecule is Cc1cc(C(=O)N2CCCC(F)(c3nc(-c4ccccc4)no3)C2)n[nH]1. The van der Waals surface area contributed by atoms with E-state index >= 15 is 4.39 Å². The van der Waals surface area contributed by atoms with Crippen LogP contribution in [0.15, 0.2) is 40.9 Å². The maximum Gasteiger partial charge on any atom is 0.274 e. The molecule has 0 aliphatic carbocycles. The molecule has 1 saturated heterocycles. The molecule has 4 rings (SSSR count). The summed E-state index contributed by atoms with van der Waals surface area (Å²) in [5.74, 6) is -0.0602. The zero-order valence-corrected chi connectivity index (χ0v) is 14.3. The second-order valence-corrected chi connectivity index (χ2v) is 6.52. The summed E-state index contributed by atoms with van der Waals surface area (Å²) in [5.41, 5.74) is -0.0513. The number of aromatic nitrogens is 4. The standard InChI is InChI=1S/C18H18FN5O2/c1-12-10-14(22-21-12)16(25)24-9-5-8-18(19,11-24)17-20-15(23-26-17)13-6-3-2-4-7-13/h2-4,6-7,10H,5,8-9,11H2,1H3,(H,21,22). The van der Waals surface area contributed by atoms with Crippen molar-refractivity contribution in [1.29, 1.82) is 0 Å². The fraction of sp³-hybridized carbons (Fsp3) is 0.333. The predicted molar refractivity (Wildman–Crippen MR) is 91.0 cm³/mol. The smallest absolute Gasteiger partial charge is 0.274 e. The van der Waals surface area contributed by atoms with Gasteiger partial charge in [0.25, 0.3) is 11.8 Å². The number of piperidine rings is 1. The number of likely N-dealkylation sites (tertiary alicyclic amines) is 1. The van der Waals surface area contributed by atoms with E-state index < -0.39 is 5.67 Å². The summed E-state index contributed by atoms with van der Waals surface area (Å²) in [6.07, 6.45) is 0.738. The van der Waals surface area contributed by atoms with E-state index in [2.05, 4.69) is 20.3 Å². The van der Waals surface area contributed by atoms with Crippen molar-refractivity contribution in [2.24, 2.45) is 0 Å². The highest BCUT2D eigenvalue weighted by molar-refractivity contribution is 5.92. The third kappa shape index (κ3) is 2.98. The number of hydrogen-bond donors (Lipinski definition) is 1. The third-order valence-electron chi connectivity index (χ3n) is 4.50. The molecule has 26 heavy (non-hydrogen) atoms. The van der Waals surface area contributed by atoms with Crippen LogP contribution in [0.4, 0.5) is 4.39 Å². The Hall–Kier alpha value is -3.03. The average molecular weight is 355 g/mol. The Morgan fingerprint density at radius 1 is 1.35 bits per heavy atom. The van der Waals surface area contributed by atoms with E-state index in [4.69, 9.17) is 4.52 Å². The zero-order valence-electron chi connectivity index (χ0n) is 14.3. The van der Waals surface area contributed by atoms with Gasteiger partial charge in [-0.15, -0.1) is 0 Å². The lowest BCUT2D eigenvalue weighted by atomic mass is 9.94. The van der Waals surface area contributed by atoms with Crippen LogP contribution in [0.5, 0.6) is 0 Å². The lowest BCUT2D eigenvalue weighted by molar-refractivity contribution is 0.0149. The van der Waals surface area contributed by atoms with Crippen molar-refractivity contribution in [3.63, 3.8) is 0 Å². The van der Waals surface area contributed by atoms with Gasteiger partial charge < -0.3 is 9.42 Å². The minimum atomic E-state index is -1.86. The minimum absolute atomic E-state index is 0.0907. The molecule has 0 bridgehead atoms. The Bertz CT molecular complexity index is 923. The number of nitrogens with one attached hydrogen (secondary N) is 1. The number of aryl methyl sites for hydroxylation is 1. The molecule has 1 atom stereocenters. The van der Waals surface area contributed by atoms with E-state index in [1.165, 1.54) is 4.90 Å². The lowest BCUT2D eigenvalue weighted by Crippen LogP contribution is -2.46. The Labute approximate surface area is 149 Å². The topological polar surface area (TPSA) is 87.9 Å². The number of aromatic amines is 1. The normalized spacial score (nSPS) is 20.3. The summed E-state index contributed by atoms with van der Waals surface area (Å²) >= 11 is 0. The van der Waals surface area contributed by atoms with Gasteiger partial charge >= 0.3 is 0 Å². The van der Waals surface area contributed by atoms with Gasteiger partial charge in [0.05, 0.1) is 6.54 Å². The summed E-state index contributed by atoms with van der Waals surface area (Å²) in [5, 5.41) is 10.6. The number of alkyl halides is 1. The number of nitrogens with zero attached hydrogens (tertiary/aromatic N) is 4. The Balaban J connectivity index is 1.56. The third-order valence-corrected chi connectivity index (χ3v) is 4.50. The van der Waals surface area contributed by atoms with Crippen LogP contribution in [0.1, 0.15) is 34.9 Å². The van der Waals surface area contributed by atoms with Crippen molar-refractivity contribution in [2.75, 3.05) is 13.1 Å². The van der Waals surface area contributed by atoms with Crippen molar-refractivity contribution in [3.8, 4) is 11.4 Å². The minimum Gasteiger partial charge on any atom is -0.335 e. The molecule has 0 saturated carbocycles. The van der Waals surface area contributed by atoms with Gasteiger partial charge in [-0.1, -0.05) is 35.5 Å². The number of halogens is 1. The van der Waals surface area contributed by atoms with Crippen molar-refractivity contribution in [3.05, 3.63) is 53.7 Å². The molecular formula is C18H18FN5O2. The van der Waals surface area contributed by atoms with E-state index in [1.54, 1.807) is 6.07 Å². The second-order valence-electron chi connectivity index (χ2n) is 6.52. The van der Waals surface area contributed by atoms with E-state index in [0.29, 0.717) is 18.8 Å². The van der Waals surface area contributed by atoms with Gasteiger partial charge in [0.1, 0.15) is 5.69 Å². The highest BCUT2D eigenvalue weighted by Crippen LogP contribution is 2.36. The van der Waals surface area contributed by atoms with Crippen LogP contribution in [0, 0.1) is 6.92 Å². The summed E-state index contributed by atoms with van der Waals surface area (Å²) in [6.45, 7) is 2.15. The van der Waals surface area contributed by atoms with Crippen LogP contribution in [0.2, 0.25) is 0 Å². The molecule has 3 heterocycles. The molecule has 134 valence electrons. The summed E-state index contributed by atoms with van der Waals surface area (Å²) in [4.78, 5) is 18.3. The molecule has 1 fully saturated rings. The first-order valence-electron chi connectivity index (χ1n) is 8.45. The highest BCUT2D eigenvalue weighted by atomic mass is 19.1. The van der Waals surface area contributed by atoms with Crippen LogP contribution in [0.25, 0.3) is 11.4 Å². The van der Waals surface area contributed by atoms with Crippen molar-refractivity contribution < 1.29 is 13.7 Å². The predicted octanol–water partition coefficient (Wildman–Crippen LogP) is 2.87. The van der Waals surface area contributed by atoms with Gasteiger partial charge in [-0.3, -0.25) is 9.89 Å².